The maximum Gasteiger partial charge on any atom is 0.169 e. The van der Waals surface area contributed by atoms with Gasteiger partial charge in [0.15, 0.2) is 15.6 Å². The number of thiophene rings is 1. The van der Waals surface area contributed by atoms with Gasteiger partial charge in [-0.2, -0.15) is 0 Å². The number of hydrogen-bond donors (Lipinski definition) is 0. The summed E-state index contributed by atoms with van der Waals surface area (Å²) in [5, 5.41) is 1.99. The summed E-state index contributed by atoms with van der Waals surface area (Å²) in [6, 6.07) is 2.04. The van der Waals surface area contributed by atoms with Gasteiger partial charge in [-0.15, -0.1) is 11.3 Å². The van der Waals surface area contributed by atoms with Gasteiger partial charge in [0, 0.05) is 12.6 Å². The second-order valence-electron chi connectivity index (χ2n) is 5.00. The molecule has 2 rings (SSSR count). The molecule has 1 saturated heterocycles. The van der Waals surface area contributed by atoms with Crippen molar-refractivity contribution in [3.8, 4) is 0 Å². The average Bonchev–Trinajstić information content (AvgIpc) is 2.92. The molecule has 19 heavy (non-hydrogen) atoms. The SMILES string of the molecule is CCN(Cc1csc(C(C)=O)c1)[C@@H]1CCS(=O)(=O)C1. The zero-order valence-corrected chi connectivity index (χ0v) is 12.9. The highest BCUT2D eigenvalue weighted by atomic mass is 32.2. The summed E-state index contributed by atoms with van der Waals surface area (Å²) >= 11 is 1.46. The molecule has 1 aliphatic heterocycles. The normalized spacial score (nSPS) is 21.9. The maximum absolute atomic E-state index is 11.5. The lowest BCUT2D eigenvalue weighted by molar-refractivity contribution is 0.102. The van der Waals surface area contributed by atoms with Gasteiger partial charge in [0.05, 0.1) is 16.4 Å². The minimum atomic E-state index is -2.84. The van der Waals surface area contributed by atoms with Gasteiger partial charge in [0.1, 0.15) is 0 Å². The van der Waals surface area contributed by atoms with Crippen LogP contribution in [-0.2, 0) is 16.4 Å². The number of hydrogen-bond acceptors (Lipinski definition) is 5. The van der Waals surface area contributed by atoms with Crippen LogP contribution in [0.1, 0.15) is 35.5 Å². The van der Waals surface area contributed by atoms with Crippen molar-refractivity contribution in [3.05, 3.63) is 21.9 Å². The topological polar surface area (TPSA) is 54.5 Å². The number of carbonyl (C=O) groups excluding carboxylic acids is 1. The summed E-state index contributed by atoms with van der Waals surface area (Å²) in [5.74, 6) is 0.656. The first-order valence-corrected chi connectivity index (χ1v) is 9.14. The van der Waals surface area contributed by atoms with E-state index in [-0.39, 0.29) is 17.6 Å². The van der Waals surface area contributed by atoms with E-state index >= 15 is 0 Å². The summed E-state index contributed by atoms with van der Waals surface area (Å²) in [5.41, 5.74) is 1.10. The molecule has 1 aromatic heterocycles. The molecule has 0 radical (unpaired) electrons. The Morgan fingerprint density at radius 3 is 2.74 bits per heavy atom. The second kappa shape index (κ2) is 5.73. The second-order valence-corrected chi connectivity index (χ2v) is 8.14. The average molecular weight is 301 g/mol. The Labute approximate surface area is 118 Å². The van der Waals surface area contributed by atoms with E-state index in [1.807, 2.05) is 18.4 Å². The molecule has 1 fully saturated rings. The van der Waals surface area contributed by atoms with E-state index in [2.05, 4.69) is 4.90 Å². The van der Waals surface area contributed by atoms with Crippen molar-refractivity contribution in [3.63, 3.8) is 0 Å². The zero-order valence-electron chi connectivity index (χ0n) is 11.3. The van der Waals surface area contributed by atoms with E-state index in [0.29, 0.717) is 5.75 Å². The first kappa shape index (κ1) is 14.7. The molecule has 0 N–H and O–H groups in total. The van der Waals surface area contributed by atoms with Gasteiger partial charge in [-0.1, -0.05) is 6.92 Å². The third-order valence-corrected chi connectivity index (χ3v) is 6.35. The van der Waals surface area contributed by atoms with Crippen LogP contribution in [-0.4, -0.2) is 43.2 Å². The number of ketones is 1. The molecule has 0 unspecified atom stereocenters. The molecule has 2 heterocycles. The molecular formula is C13H19NO3S2. The molecule has 1 aliphatic rings. The number of nitrogens with zero attached hydrogens (tertiary/aromatic N) is 1. The molecule has 0 amide bonds. The van der Waals surface area contributed by atoms with Crippen molar-refractivity contribution in [2.45, 2.75) is 32.9 Å². The van der Waals surface area contributed by atoms with Gasteiger partial charge in [-0.3, -0.25) is 9.69 Å². The summed E-state index contributed by atoms with van der Waals surface area (Å²) < 4.78 is 23.1. The fourth-order valence-electron chi connectivity index (χ4n) is 2.44. The lowest BCUT2D eigenvalue weighted by Crippen LogP contribution is -2.35. The van der Waals surface area contributed by atoms with Crippen LogP contribution in [0.25, 0.3) is 0 Å². The van der Waals surface area contributed by atoms with Gasteiger partial charge < -0.3 is 0 Å². The molecule has 0 bridgehead atoms. The van der Waals surface area contributed by atoms with E-state index in [0.717, 1.165) is 30.0 Å². The smallest absolute Gasteiger partial charge is 0.169 e. The molecule has 1 aromatic rings. The molecule has 0 spiro atoms. The molecule has 0 aliphatic carbocycles. The van der Waals surface area contributed by atoms with Crippen molar-refractivity contribution < 1.29 is 13.2 Å². The van der Waals surface area contributed by atoms with Crippen molar-refractivity contribution >= 4 is 27.0 Å². The number of sulfone groups is 1. The molecule has 1 atom stereocenters. The first-order chi connectivity index (χ1) is 8.91. The van der Waals surface area contributed by atoms with Gasteiger partial charge in [0.25, 0.3) is 0 Å². The lowest BCUT2D eigenvalue weighted by atomic mass is 10.2. The Morgan fingerprint density at radius 1 is 1.53 bits per heavy atom. The monoisotopic (exact) mass is 301 g/mol. The predicted molar refractivity (Wildman–Crippen MR) is 77.5 cm³/mol. The van der Waals surface area contributed by atoms with Crippen LogP contribution >= 0.6 is 11.3 Å². The highest BCUT2D eigenvalue weighted by Crippen LogP contribution is 2.22. The molecule has 0 aromatic carbocycles. The highest BCUT2D eigenvalue weighted by Gasteiger charge is 2.31. The van der Waals surface area contributed by atoms with Gasteiger partial charge in [0.2, 0.25) is 0 Å². The van der Waals surface area contributed by atoms with Crippen LogP contribution in [0.2, 0.25) is 0 Å². The fraction of sp³-hybridized carbons (Fsp3) is 0.615. The Bertz CT molecular complexity index is 562. The minimum Gasteiger partial charge on any atom is -0.295 e. The molecule has 0 saturated carbocycles. The van der Waals surface area contributed by atoms with E-state index in [1.54, 1.807) is 6.92 Å². The van der Waals surface area contributed by atoms with Crippen LogP contribution < -0.4 is 0 Å². The zero-order chi connectivity index (χ0) is 14.0. The molecule has 4 nitrogen and oxygen atoms in total. The minimum absolute atomic E-state index is 0.0859. The van der Waals surface area contributed by atoms with Crippen LogP contribution in [0.5, 0.6) is 0 Å². The Hall–Kier alpha value is -0.720. The maximum atomic E-state index is 11.5. The quantitative estimate of drug-likeness (QED) is 0.780. The number of carbonyl (C=O) groups is 1. The molecular weight excluding hydrogens is 282 g/mol. The van der Waals surface area contributed by atoms with Crippen LogP contribution in [0.3, 0.4) is 0 Å². The molecule has 106 valence electrons. The molecule has 6 heteroatoms. The van der Waals surface area contributed by atoms with Gasteiger partial charge >= 0.3 is 0 Å². The predicted octanol–water partition coefficient (Wildman–Crippen LogP) is 1.96. The van der Waals surface area contributed by atoms with Crippen LogP contribution in [0.15, 0.2) is 11.4 Å². The number of Topliss-reactive ketones (excluding diaryl/α,β-unsaturated/α-hetero) is 1. The first-order valence-electron chi connectivity index (χ1n) is 6.44. The van der Waals surface area contributed by atoms with Crippen LogP contribution in [0.4, 0.5) is 0 Å². The lowest BCUT2D eigenvalue weighted by Gasteiger charge is -2.26. The van der Waals surface area contributed by atoms with E-state index < -0.39 is 9.84 Å². The van der Waals surface area contributed by atoms with Gasteiger partial charge in [-0.05, 0) is 36.9 Å². The Balaban J connectivity index is 2.04. The third-order valence-electron chi connectivity index (χ3n) is 3.52. The van der Waals surface area contributed by atoms with Gasteiger partial charge in [-0.25, -0.2) is 8.42 Å². The van der Waals surface area contributed by atoms with Crippen molar-refractivity contribution in [1.82, 2.24) is 4.90 Å². The van der Waals surface area contributed by atoms with Crippen molar-refractivity contribution in [2.75, 3.05) is 18.1 Å². The van der Waals surface area contributed by atoms with Crippen molar-refractivity contribution in [2.24, 2.45) is 0 Å². The highest BCUT2D eigenvalue weighted by molar-refractivity contribution is 7.91. The standard InChI is InChI=1S/C13H19NO3S2/c1-3-14(12-4-5-19(16,17)9-12)7-11-6-13(10(2)15)18-8-11/h6,8,12H,3-5,7,9H2,1-2H3/t12-/m1/s1. The van der Waals surface area contributed by atoms with Crippen molar-refractivity contribution in [1.29, 1.82) is 0 Å². The summed E-state index contributed by atoms with van der Waals surface area (Å²) in [6.45, 7) is 5.16. The van der Waals surface area contributed by atoms with E-state index in [9.17, 15) is 13.2 Å². The van der Waals surface area contributed by atoms with E-state index in [4.69, 9.17) is 0 Å². The third kappa shape index (κ3) is 3.64. The Kier molecular flexibility index (Phi) is 4.43. The van der Waals surface area contributed by atoms with E-state index in [1.165, 1.54) is 11.3 Å². The summed E-state index contributed by atoms with van der Waals surface area (Å²) in [7, 11) is -2.84. The summed E-state index contributed by atoms with van der Waals surface area (Å²) in [4.78, 5) is 14.2. The summed E-state index contributed by atoms with van der Waals surface area (Å²) in [6.07, 6.45) is 0.722. The van der Waals surface area contributed by atoms with Crippen LogP contribution in [0, 0.1) is 0 Å². The fourth-order valence-corrected chi connectivity index (χ4v) is 5.01. The number of rotatable bonds is 5. The largest absolute Gasteiger partial charge is 0.295 e. The Morgan fingerprint density at radius 2 is 2.26 bits per heavy atom.